The summed E-state index contributed by atoms with van der Waals surface area (Å²) < 4.78 is 0.329. The van der Waals surface area contributed by atoms with Crippen molar-refractivity contribution < 1.29 is 9.84 Å². The van der Waals surface area contributed by atoms with Gasteiger partial charge in [0, 0.05) is 23.5 Å². The molecule has 0 radical (unpaired) electrons. The Hall–Kier alpha value is -3.54. The number of nitrogens with one attached hydrogen (secondary N) is 2. The molecule has 26 heavy (non-hydrogen) atoms. The molecule has 6 heteroatoms. The molecule has 0 fully saturated rings. The van der Waals surface area contributed by atoms with Gasteiger partial charge in [-0.1, -0.05) is 48.5 Å². The van der Waals surface area contributed by atoms with E-state index in [2.05, 4.69) is 9.97 Å². The average Bonchev–Trinajstić information content (AvgIpc) is 3.07. The Morgan fingerprint density at radius 2 is 1.73 bits per heavy atom. The van der Waals surface area contributed by atoms with Crippen LogP contribution in [0.1, 0.15) is 22.5 Å². The Labute approximate surface area is 149 Å². The first-order valence-electron chi connectivity index (χ1n) is 8.29. The van der Waals surface area contributed by atoms with E-state index in [4.69, 9.17) is 0 Å². The predicted octanol–water partition coefficient (Wildman–Crippen LogP) is 2.38. The lowest BCUT2D eigenvalue weighted by Crippen LogP contribution is -2.41. The van der Waals surface area contributed by atoms with Crippen molar-refractivity contribution in [3.8, 4) is 5.88 Å². The van der Waals surface area contributed by atoms with E-state index in [0.717, 1.165) is 22.0 Å². The number of hydrogen-bond acceptors (Lipinski definition) is 3. The molecule has 4 rings (SSSR count). The molecule has 0 unspecified atom stereocenters. The van der Waals surface area contributed by atoms with E-state index in [-0.39, 0.29) is 24.2 Å². The highest BCUT2D eigenvalue weighted by Gasteiger charge is 2.22. The predicted molar refractivity (Wildman–Crippen MR) is 98.0 cm³/mol. The number of H-pyrrole nitrogens is 2. The third-order valence-electron chi connectivity index (χ3n) is 4.49. The van der Waals surface area contributed by atoms with Crippen LogP contribution in [-0.4, -0.2) is 15.1 Å². The molecule has 0 saturated heterocycles. The molecule has 0 atom stereocenters. The maximum Gasteiger partial charge on any atom is 0.397 e. The topological polar surface area (TPSA) is 95.8 Å². The van der Waals surface area contributed by atoms with Crippen molar-refractivity contribution in [3.63, 3.8) is 0 Å². The minimum absolute atomic E-state index is 0.0311. The molecule has 0 saturated carbocycles. The summed E-state index contributed by atoms with van der Waals surface area (Å²) in [6, 6.07) is 16.9. The van der Waals surface area contributed by atoms with Crippen molar-refractivity contribution in [1.29, 1.82) is 0 Å². The molecule has 2 heterocycles. The summed E-state index contributed by atoms with van der Waals surface area (Å²) in [5, 5.41) is 23.8. The van der Waals surface area contributed by atoms with E-state index < -0.39 is 11.4 Å². The van der Waals surface area contributed by atoms with Crippen LogP contribution < -0.4 is 10.3 Å². The number of hydrogen-bond donors (Lipinski definition) is 3. The quantitative estimate of drug-likeness (QED) is 0.391. The zero-order chi connectivity index (χ0) is 18.1. The number of rotatable bonds is 4. The normalized spacial score (nSPS) is 11.1. The number of fused-ring (bicyclic) bond motifs is 1. The van der Waals surface area contributed by atoms with Gasteiger partial charge in [0.2, 0.25) is 0 Å². The molecule has 0 bridgehead atoms. The van der Waals surface area contributed by atoms with E-state index in [9.17, 15) is 15.1 Å². The number of aromatic amines is 2. The maximum atomic E-state index is 12.4. The second-order valence-corrected chi connectivity index (χ2v) is 6.20. The molecule has 0 amide bonds. The van der Waals surface area contributed by atoms with Gasteiger partial charge in [0.25, 0.3) is 5.69 Å². The second-order valence-electron chi connectivity index (χ2n) is 6.20. The van der Waals surface area contributed by atoms with E-state index >= 15 is 0 Å². The van der Waals surface area contributed by atoms with Gasteiger partial charge in [-0.3, -0.25) is 4.79 Å². The molecule has 3 N–H and O–H groups in total. The molecule has 4 aromatic rings. The lowest BCUT2D eigenvalue weighted by molar-refractivity contribution is -0.623. The van der Waals surface area contributed by atoms with Crippen LogP contribution in [0.25, 0.3) is 10.9 Å². The van der Waals surface area contributed by atoms with Gasteiger partial charge in [-0.15, -0.1) is 4.73 Å². The Bertz CT molecular complexity index is 1130. The third kappa shape index (κ3) is 2.82. The largest absolute Gasteiger partial charge is 0.616 e. The van der Waals surface area contributed by atoms with Crippen LogP contribution in [0.5, 0.6) is 5.88 Å². The average molecular weight is 347 g/mol. The highest BCUT2D eigenvalue weighted by atomic mass is 16.5. The van der Waals surface area contributed by atoms with Gasteiger partial charge < -0.3 is 20.3 Å². The second kappa shape index (κ2) is 6.40. The van der Waals surface area contributed by atoms with Crippen LogP contribution in [0.4, 0.5) is 0 Å². The molecular weight excluding hydrogens is 330 g/mol. The zero-order valence-corrected chi connectivity index (χ0v) is 13.9. The summed E-state index contributed by atoms with van der Waals surface area (Å²) in [5.74, 6) is -0.471. The van der Waals surface area contributed by atoms with Gasteiger partial charge in [0.05, 0.1) is 6.42 Å². The fourth-order valence-corrected chi connectivity index (χ4v) is 3.14. The highest BCUT2D eigenvalue weighted by Crippen LogP contribution is 2.22. The summed E-state index contributed by atoms with van der Waals surface area (Å²) >= 11 is 0. The summed E-state index contributed by atoms with van der Waals surface area (Å²) in [5.41, 5.74) is 2.35. The molecule has 0 aliphatic heterocycles. The minimum atomic E-state index is -0.489. The fraction of sp³-hybridized carbons (Fsp3) is 0.100. The van der Waals surface area contributed by atoms with E-state index in [1.807, 2.05) is 60.8 Å². The van der Waals surface area contributed by atoms with Crippen LogP contribution in [0, 0.1) is 5.21 Å². The van der Waals surface area contributed by atoms with Crippen LogP contribution >= 0.6 is 0 Å². The molecule has 0 aliphatic carbocycles. The Morgan fingerprint density at radius 1 is 1.00 bits per heavy atom. The zero-order valence-electron chi connectivity index (χ0n) is 13.9. The van der Waals surface area contributed by atoms with Crippen molar-refractivity contribution in [2.75, 3.05) is 0 Å². The Morgan fingerprint density at radius 3 is 2.54 bits per heavy atom. The standard InChI is InChI=1S/C20H17N3O3/c24-19-18(10-13-6-2-1-3-7-13)23(26)20(25)17(22-19)11-14-12-21-16-9-5-4-8-15(14)16/h1-9,12,21,25H,10-11H2,(H,22,24). The lowest BCUT2D eigenvalue weighted by Gasteiger charge is -2.09. The maximum absolute atomic E-state index is 12.4. The van der Waals surface area contributed by atoms with Crippen LogP contribution in [-0.2, 0) is 12.8 Å². The van der Waals surface area contributed by atoms with Crippen LogP contribution in [0.2, 0.25) is 0 Å². The molecular formula is C20H17N3O3. The number of para-hydroxylation sites is 1. The molecule has 0 aliphatic rings. The summed E-state index contributed by atoms with van der Waals surface area (Å²) in [4.78, 5) is 18.2. The number of aromatic nitrogens is 3. The molecule has 6 nitrogen and oxygen atoms in total. The highest BCUT2D eigenvalue weighted by molar-refractivity contribution is 5.83. The van der Waals surface area contributed by atoms with Gasteiger partial charge in [0.15, 0.2) is 0 Å². The van der Waals surface area contributed by atoms with E-state index in [1.165, 1.54) is 0 Å². The Kier molecular flexibility index (Phi) is 3.93. The number of aromatic hydroxyl groups is 1. The van der Waals surface area contributed by atoms with Crippen LogP contribution in [0.15, 0.2) is 65.6 Å². The first kappa shape index (κ1) is 16.0. The molecule has 0 spiro atoms. The van der Waals surface area contributed by atoms with Crippen molar-refractivity contribution in [2.24, 2.45) is 0 Å². The van der Waals surface area contributed by atoms with Crippen molar-refractivity contribution in [3.05, 3.63) is 98.9 Å². The molecule has 2 aromatic heterocycles. The fourth-order valence-electron chi connectivity index (χ4n) is 3.14. The minimum Gasteiger partial charge on any atom is -0.616 e. The van der Waals surface area contributed by atoms with Crippen molar-refractivity contribution in [2.45, 2.75) is 12.8 Å². The first-order valence-corrected chi connectivity index (χ1v) is 8.29. The summed E-state index contributed by atoms with van der Waals surface area (Å²) in [6.07, 6.45) is 2.22. The van der Waals surface area contributed by atoms with Gasteiger partial charge in [-0.05, 0) is 17.2 Å². The van der Waals surface area contributed by atoms with Gasteiger partial charge in [-0.25, -0.2) is 0 Å². The van der Waals surface area contributed by atoms with Gasteiger partial charge >= 0.3 is 11.4 Å². The van der Waals surface area contributed by atoms with E-state index in [0.29, 0.717) is 4.73 Å². The third-order valence-corrected chi connectivity index (χ3v) is 4.49. The van der Waals surface area contributed by atoms with Crippen molar-refractivity contribution >= 4 is 10.9 Å². The monoisotopic (exact) mass is 347 g/mol. The number of benzene rings is 2. The van der Waals surface area contributed by atoms with Crippen molar-refractivity contribution in [1.82, 2.24) is 9.97 Å². The SMILES string of the molecule is O=c1[nH]c(Cc2c[nH]c3ccccc23)c(O)[n+]([O-])c1Cc1ccccc1. The summed E-state index contributed by atoms with van der Waals surface area (Å²) in [6.45, 7) is 0. The van der Waals surface area contributed by atoms with Gasteiger partial charge in [0.1, 0.15) is 5.69 Å². The van der Waals surface area contributed by atoms with E-state index in [1.54, 1.807) is 0 Å². The van der Waals surface area contributed by atoms with Crippen LogP contribution in [0.3, 0.4) is 0 Å². The number of nitrogens with zero attached hydrogens (tertiary/aromatic N) is 1. The lowest BCUT2D eigenvalue weighted by atomic mass is 10.1. The van der Waals surface area contributed by atoms with Gasteiger partial charge in [-0.2, -0.15) is 0 Å². The summed E-state index contributed by atoms with van der Waals surface area (Å²) in [7, 11) is 0. The smallest absolute Gasteiger partial charge is 0.397 e. The molecule has 2 aromatic carbocycles. The molecule has 130 valence electrons. The Balaban J connectivity index is 1.71. The first-order chi connectivity index (χ1) is 12.6.